The van der Waals surface area contributed by atoms with E-state index in [0.29, 0.717) is 44.1 Å². The van der Waals surface area contributed by atoms with Crippen molar-refractivity contribution in [1.82, 2.24) is 8.80 Å². The van der Waals surface area contributed by atoms with Crippen molar-refractivity contribution in [3.63, 3.8) is 0 Å². The molecule has 8 nitrogen and oxygen atoms in total. The molecule has 0 aliphatic carbocycles. The molecule has 0 bridgehead atoms. The van der Waals surface area contributed by atoms with Crippen molar-refractivity contribution in [1.29, 1.82) is 0 Å². The number of benzene rings is 4. The Morgan fingerprint density at radius 3 is 1.00 bits per heavy atom. The van der Waals surface area contributed by atoms with Crippen molar-refractivity contribution < 1.29 is 16.8 Å². The topological polar surface area (TPSA) is 111 Å². The van der Waals surface area contributed by atoms with Gasteiger partial charge in [0.2, 0.25) is 19.7 Å². The smallest absolute Gasteiger partial charge is 0.210 e. The number of aromatic nitrogens is 2. The van der Waals surface area contributed by atoms with Gasteiger partial charge in [0.25, 0.3) is 0 Å². The molecule has 0 amide bonds. The zero-order valence-corrected chi connectivity index (χ0v) is 33.3. The van der Waals surface area contributed by atoms with Gasteiger partial charge in [0, 0.05) is 10.8 Å². The number of hydrogen-bond donors (Lipinski definition) is 0. The second kappa shape index (κ2) is 9.08. The van der Waals surface area contributed by atoms with Crippen LogP contribution in [0.4, 0.5) is 0 Å². The van der Waals surface area contributed by atoms with Crippen molar-refractivity contribution in [2.45, 2.75) is 124 Å². The van der Waals surface area contributed by atoms with Gasteiger partial charge in [-0.15, -0.1) is 0 Å². The largest absolute Gasteiger partial charge is 0.302 e. The van der Waals surface area contributed by atoms with Crippen LogP contribution in [-0.2, 0) is 41.3 Å². The van der Waals surface area contributed by atoms with Gasteiger partial charge in [-0.3, -0.25) is 9.59 Å². The lowest BCUT2D eigenvalue weighted by Crippen LogP contribution is -2.29. The second-order valence-corrected chi connectivity index (χ2v) is 22.8. The summed E-state index contributed by atoms with van der Waals surface area (Å²) in [5.41, 5.74) is 1.09. The summed E-state index contributed by atoms with van der Waals surface area (Å²) in [7, 11) is -8.54. The monoisotopic (exact) mass is 734 g/mol. The van der Waals surface area contributed by atoms with Crippen LogP contribution in [-0.4, -0.2) is 25.6 Å². The number of hydrogen-bond acceptors (Lipinski definition) is 6. The molecule has 4 aromatic carbocycles. The summed E-state index contributed by atoms with van der Waals surface area (Å²) in [5.74, 6) is 0. The molecule has 2 aliphatic heterocycles. The zero-order chi connectivity index (χ0) is 37.9. The third-order valence-corrected chi connectivity index (χ3v) is 15.0. The molecule has 0 spiro atoms. The molecular formula is C42H42N2O6S2. The fraction of sp³-hybridized carbons (Fsp3) is 0.381. The molecule has 3 aromatic heterocycles. The molecule has 0 atom stereocenters. The zero-order valence-electron chi connectivity index (χ0n) is 31.6. The molecule has 52 heavy (non-hydrogen) atoms. The van der Waals surface area contributed by atoms with Gasteiger partial charge in [0.1, 0.15) is 0 Å². The first-order valence-electron chi connectivity index (χ1n) is 17.7. The summed E-state index contributed by atoms with van der Waals surface area (Å²) in [6, 6.07) is 10.2. The van der Waals surface area contributed by atoms with Gasteiger partial charge in [-0.05, 0) is 80.3 Å². The van der Waals surface area contributed by atoms with Gasteiger partial charge in [0.15, 0.2) is 10.9 Å². The van der Waals surface area contributed by atoms with Gasteiger partial charge >= 0.3 is 0 Å². The highest BCUT2D eigenvalue weighted by atomic mass is 32.2. The third-order valence-electron chi connectivity index (χ3n) is 11.4. The van der Waals surface area contributed by atoms with E-state index in [9.17, 15) is 0 Å². The van der Waals surface area contributed by atoms with Gasteiger partial charge in [-0.1, -0.05) is 83.1 Å². The Labute approximate surface area is 302 Å². The lowest BCUT2D eigenvalue weighted by atomic mass is 9.81. The molecule has 268 valence electrons. The van der Waals surface area contributed by atoms with E-state index >= 15 is 26.4 Å². The Morgan fingerprint density at radius 1 is 0.404 bits per heavy atom. The van der Waals surface area contributed by atoms with Crippen LogP contribution in [0.15, 0.2) is 65.6 Å². The van der Waals surface area contributed by atoms with Crippen molar-refractivity contribution >= 4 is 74.3 Å². The maximum atomic E-state index is 15.2. The standard InChI is InChI=1S/C42H42N2O6S2/c1-39(2,3)19-13-21-31-25(15-19)51(47,48)27-17-24(42(10,11)12)30-36-33(27)43(31)35-29(37(21)45)23(41(7,8)9)18-28-34(35)44(36)32-22(38(30)46)14-20(40(4,5)6)16-26(32)52(28,49)50/h13-18H,1-12H3. The molecular weight excluding hydrogens is 693 g/mol. The number of rotatable bonds is 0. The average Bonchev–Trinajstić information content (AvgIpc) is 3.00. The van der Waals surface area contributed by atoms with E-state index in [1.807, 2.05) is 91.9 Å². The third kappa shape index (κ3) is 3.77. The van der Waals surface area contributed by atoms with E-state index in [0.717, 1.165) is 0 Å². The van der Waals surface area contributed by atoms with E-state index < -0.39 is 41.3 Å². The van der Waals surface area contributed by atoms with E-state index in [1.165, 1.54) is 0 Å². The Morgan fingerprint density at radius 2 is 0.712 bits per heavy atom. The quantitative estimate of drug-likeness (QED) is 0.114. The Kier molecular flexibility index (Phi) is 5.86. The van der Waals surface area contributed by atoms with E-state index in [2.05, 4.69) is 0 Å². The SMILES string of the molecule is CC(C)(C)c1cc2c3c(c1)c(=O)c1c(C(C)(C)C)cc4c5c1n3c1c(cc(C(C)(C)C)c3c(=O)c6cc(C(C)(C)C)cc(c6n5c31)S4(=O)=O)S2(=O)=O. The molecule has 10 heteroatoms. The summed E-state index contributed by atoms with van der Waals surface area (Å²) in [6.07, 6.45) is 0. The van der Waals surface area contributed by atoms with Crippen LogP contribution in [0.2, 0.25) is 0 Å². The number of pyridine rings is 2. The van der Waals surface area contributed by atoms with Crippen molar-refractivity contribution in [2.24, 2.45) is 0 Å². The maximum absolute atomic E-state index is 15.2. The van der Waals surface area contributed by atoms with E-state index in [-0.39, 0.29) is 63.3 Å². The minimum Gasteiger partial charge on any atom is -0.302 e. The summed E-state index contributed by atoms with van der Waals surface area (Å²) in [4.78, 5) is 30.4. The molecule has 2 aliphatic rings. The molecule has 0 unspecified atom stereocenters. The molecule has 0 fully saturated rings. The minimum absolute atomic E-state index is 0.00121. The highest BCUT2D eigenvalue weighted by Gasteiger charge is 2.43. The Bertz CT molecular complexity index is 3040. The maximum Gasteiger partial charge on any atom is 0.210 e. The molecule has 0 saturated heterocycles. The van der Waals surface area contributed by atoms with Gasteiger partial charge in [0.05, 0.1) is 63.5 Å². The summed E-state index contributed by atoms with van der Waals surface area (Å²) in [6.45, 7) is 23.6. The van der Waals surface area contributed by atoms with Crippen LogP contribution in [0.25, 0.3) is 54.6 Å². The Balaban J connectivity index is 1.80. The molecule has 5 heterocycles. The first kappa shape index (κ1) is 33.5. The highest BCUT2D eigenvalue weighted by molar-refractivity contribution is 7.92. The van der Waals surface area contributed by atoms with Crippen molar-refractivity contribution in [3.05, 3.63) is 79.1 Å². The molecule has 0 N–H and O–H groups in total. The fourth-order valence-electron chi connectivity index (χ4n) is 8.66. The van der Waals surface area contributed by atoms with Crippen LogP contribution in [0.5, 0.6) is 0 Å². The summed E-state index contributed by atoms with van der Waals surface area (Å²) < 4.78 is 64.3. The first-order chi connectivity index (χ1) is 23.7. The first-order valence-corrected chi connectivity index (χ1v) is 20.7. The lowest BCUT2D eigenvalue weighted by Gasteiger charge is -2.34. The van der Waals surface area contributed by atoms with Gasteiger partial charge in [-0.25, -0.2) is 16.8 Å². The van der Waals surface area contributed by atoms with Crippen molar-refractivity contribution in [2.75, 3.05) is 0 Å². The number of sulfone groups is 2. The van der Waals surface area contributed by atoms with E-state index in [4.69, 9.17) is 0 Å². The summed E-state index contributed by atoms with van der Waals surface area (Å²) in [5, 5.41) is 1.18. The van der Waals surface area contributed by atoms with Crippen molar-refractivity contribution in [3.8, 4) is 0 Å². The van der Waals surface area contributed by atoms with E-state index in [1.54, 1.807) is 36.4 Å². The van der Waals surface area contributed by atoms with Crippen LogP contribution in [0.3, 0.4) is 0 Å². The predicted octanol–water partition coefficient (Wildman–Crippen LogP) is 8.45. The summed E-state index contributed by atoms with van der Waals surface area (Å²) >= 11 is 0. The van der Waals surface area contributed by atoms with Crippen LogP contribution >= 0.6 is 0 Å². The average molecular weight is 735 g/mol. The van der Waals surface area contributed by atoms with Crippen LogP contribution in [0, 0.1) is 0 Å². The number of nitrogens with zero attached hydrogens (tertiary/aromatic N) is 2. The molecule has 9 rings (SSSR count). The minimum atomic E-state index is -4.27. The highest BCUT2D eigenvalue weighted by Crippen LogP contribution is 2.51. The fourth-order valence-corrected chi connectivity index (χ4v) is 12.0. The van der Waals surface area contributed by atoms with Crippen LogP contribution in [0.1, 0.15) is 105 Å². The lowest BCUT2D eigenvalue weighted by molar-refractivity contribution is 0.579. The molecule has 0 saturated carbocycles. The second-order valence-electron chi connectivity index (χ2n) is 19.1. The Hall–Kier alpha value is -4.28. The normalized spacial score (nSPS) is 16.8. The van der Waals surface area contributed by atoms with Gasteiger partial charge in [-0.2, -0.15) is 0 Å². The predicted molar refractivity (Wildman–Crippen MR) is 208 cm³/mol. The van der Waals surface area contributed by atoms with Gasteiger partial charge < -0.3 is 8.80 Å². The molecule has 0 radical (unpaired) electrons. The molecule has 7 aromatic rings. The van der Waals surface area contributed by atoms with Crippen LogP contribution < -0.4 is 10.9 Å².